The van der Waals surface area contributed by atoms with Crippen molar-refractivity contribution in [1.29, 1.82) is 0 Å². The number of hydrogen-bond acceptors (Lipinski definition) is 4. The van der Waals surface area contributed by atoms with Gasteiger partial charge in [-0.2, -0.15) is 0 Å². The highest BCUT2D eigenvalue weighted by molar-refractivity contribution is 9.10. The number of nitro benzene ring substituents is 1. The fourth-order valence-corrected chi connectivity index (χ4v) is 2.37. The van der Waals surface area contributed by atoms with Crippen LogP contribution in [0.15, 0.2) is 18.2 Å². The number of halogens is 2. The monoisotopic (exact) mass is 316 g/mol. The summed E-state index contributed by atoms with van der Waals surface area (Å²) in [5.41, 5.74) is -0.460. The van der Waals surface area contributed by atoms with Crippen LogP contribution >= 0.6 is 15.9 Å². The van der Waals surface area contributed by atoms with E-state index in [1.807, 2.05) is 0 Å². The molecule has 1 aromatic carbocycles. The molecule has 1 fully saturated rings. The van der Waals surface area contributed by atoms with E-state index < -0.39 is 39.0 Å². The van der Waals surface area contributed by atoms with E-state index in [0.717, 1.165) is 18.2 Å². The van der Waals surface area contributed by atoms with E-state index in [9.17, 15) is 24.1 Å². The molecule has 2 rings (SSSR count). The van der Waals surface area contributed by atoms with Gasteiger partial charge < -0.3 is 0 Å². The van der Waals surface area contributed by atoms with Crippen LogP contribution in [0.4, 0.5) is 10.1 Å². The molecule has 0 aliphatic carbocycles. The molecule has 6 nitrogen and oxygen atoms in total. The first-order valence-electron chi connectivity index (χ1n) is 4.84. The van der Waals surface area contributed by atoms with Crippen LogP contribution in [0.2, 0.25) is 0 Å². The molecular formula is C10H6BrFN2O4. The predicted molar refractivity (Wildman–Crippen MR) is 61.7 cm³/mol. The molecule has 1 aliphatic rings. The highest BCUT2D eigenvalue weighted by Gasteiger charge is 2.42. The Bertz CT molecular complexity index is 563. The van der Waals surface area contributed by atoms with E-state index in [2.05, 4.69) is 21.2 Å². The van der Waals surface area contributed by atoms with Crippen molar-refractivity contribution in [2.45, 2.75) is 10.7 Å². The number of imide groups is 1. The number of non-ortho nitro benzene ring substituents is 1. The van der Waals surface area contributed by atoms with Gasteiger partial charge in [0, 0.05) is 11.6 Å². The molecule has 94 valence electrons. The third-order valence-corrected chi connectivity index (χ3v) is 3.55. The van der Waals surface area contributed by atoms with Gasteiger partial charge in [0.2, 0.25) is 11.8 Å². The topological polar surface area (TPSA) is 89.3 Å². The minimum absolute atomic E-state index is 0.0502. The second kappa shape index (κ2) is 4.45. The first-order valence-corrected chi connectivity index (χ1v) is 5.76. The molecule has 0 aromatic heterocycles. The lowest BCUT2D eigenvalue weighted by atomic mass is 9.96. The lowest BCUT2D eigenvalue weighted by Crippen LogP contribution is -2.22. The van der Waals surface area contributed by atoms with Crippen LogP contribution in [-0.2, 0) is 9.59 Å². The molecule has 1 saturated heterocycles. The lowest BCUT2D eigenvalue weighted by Gasteiger charge is -2.10. The normalized spacial score (nSPS) is 23.0. The van der Waals surface area contributed by atoms with Gasteiger partial charge in [-0.1, -0.05) is 15.9 Å². The Morgan fingerprint density at radius 3 is 2.44 bits per heavy atom. The highest BCUT2D eigenvalue weighted by Crippen LogP contribution is 2.32. The fraction of sp³-hybridized carbons (Fsp3) is 0.200. The van der Waals surface area contributed by atoms with Gasteiger partial charge in [-0.25, -0.2) is 4.39 Å². The Morgan fingerprint density at radius 2 is 2.00 bits per heavy atom. The fourth-order valence-electron chi connectivity index (χ4n) is 1.73. The van der Waals surface area contributed by atoms with Crippen molar-refractivity contribution in [3.8, 4) is 0 Å². The van der Waals surface area contributed by atoms with Crippen LogP contribution < -0.4 is 5.32 Å². The predicted octanol–water partition coefficient (Wildman–Crippen LogP) is 1.24. The lowest BCUT2D eigenvalue weighted by molar-refractivity contribution is -0.385. The minimum Gasteiger partial charge on any atom is -0.295 e. The summed E-state index contributed by atoms with van der Waals surface area (Å²) in [5, 5.41) is 12.5. The van der Waals surface area contributed by atoms with Crippen LogP contribution in [-0.4, -0.2) is 21.6 Å². The average molecular weight is 317 g/mol. The Balaban J connectivity index is 2.43. The number of hydrogen-bond donors (Lipinski definition) is 1. The van der Waals surface area contributed by atoms with Crippen LogP contribution in [0, 0.1) is 15.9 Å². The summed E-state index contributed by atoms with van der Waals surface area (Å²) in [7, 11) is 0. The number of alkyl halides is 1. The Labute approximate surface area is 108 Å². The van der Waals surface area contributed by atoms with Crippen molar-refractivity contribution in [2.24, 2.45) is 0 Å². The third kappa shape index (κ3) is 1.99. The SMILES string of the molecule is O=C1NC(=O)C(c2ccc([N+](=O)[O-])cc2F)C1Br. The molecule has 0 bridgehead atoms. The van der Waals surface area contributed by atoms with Gasteiger partial charge in [-0.3, -0.25) is 25.0 Å². The summed E-state index contributed by atoms with van der Waals surface area (Å²) in [6, 6.07) is 2.96. The molecule has 0 radical (unpaired) electrons. The Kier molecular flexibility index (Phi) is 3.12. The number of nitro groups is 1. The van der Waals surface area contributed by atoms with Crippen molar-refractivity contribution in [3.63, 3.8) is 0 Å². The summed E-state index contributed by atoms with van der Waals surface area (Å²) >= 11 is 3.00. The molecule has 2 amide bonds. The van der Waals surface area contributed by atoms with E-state index in [4.69, 9.17) is 0 Å². The van der Waals surface area contributed by atoms with Crippen molar-refractivity contribution >= 4 is 33.4 Å². The van der Waals surface area contributed by atoms with Gasteiger partial charge in [0.15, 0.2) is 0 Å². The third-order valence-electron chi connectivity index (χ3n) is 2.60. The quantitative estimate of drug-likeness (QED) is 0.385. The zero-order valence-electron chi connectivity index (χ0n) is 8.72. The number of rotatable bonds is 2. The van der Waals surface area contributed by atoms with E-state index in [-0.39, 0.29) is 5.56 Å². The standard InChI is InChI=1S/C10H6BrFN2O4/c11-8-7(9(15)13-10(8)16)5-2-1-4(14(17)18)3-6(5)12/h1-3,7-8H,(H,13,15,16). The Morgan fingerprint density at radius 1 is 1.33 bits per heavy atom. The van der Waals surface area contributed by atoms with Crippen LogP contribution in [0.25, 0.3) is 0 Å². The number of amides is 2. The summed E-state index contributed by atoms with van der Waals surface area (Å²) < 4.78 is 13.7. The van der Waals surface area contributed by atoms with Crippen molar-refractivity contribution in [1.82, 2.24) is 5.32 Å². The van der Waals surface area contributed by atoms with Crippen LogP contribution in [0.3, 0.4) is 0 Å². The average Bonchev–Trinajstić information content (AvgIpc) is 2.54. The summed E-state index contributed by atoms with van der Waals surface area (Å²) in [6.45, 7) is 0. The number of nitrogens with zero attached hydrogens (tertiary/aromatic N) is 1. The van der Waals surface area contributed by atoms with Crippen molar-refractivity contribution < 1.29 is 18.9 Å². The van der Waals surface area contributed by atoms with Gasteiger partial charge in [-0.15, -0.1) is 0 Å². The van der Waals surface area contributed by atoms with Gasteiger partial charge in [-0.05, 0) is 6.07 Å². The van der Waals surface area contributed by atoms with Gasteiger partial charge in [0.05, 0.1) is 16.9 Å². The van der Waals surface area contributed by atoms with Crippen molar-refractivity contribution in [3.05, 3.63) is 39.7 Å². The van der Waals surface area contributed by atoms with Crippen molar-refractivity contribution in [2.75, 3.05) is 0 Å². The minimum atomic E-state index is -1.02. The van der Waals surface area contributed by atoms with Gasteiger partial charge >= 0.3 is 0 Å². The smallest absolute Gasteiger partial charge is 0.272 e. The summed E-state index contributed by atoms with van der Waals surface area (Å²) in [4.78, 5) is 31.6. The molecule has 2 atom stereocenters. The molecular weight excluding hydrogens is 311 g/mol. The first-order chi connectivity index (χ1) is 8.41. The highest BCUT2D eigenvalue weighted by atomic mass is 79.9. The van der Waals surface area contributed by atoms with Gasteiger partial charge in [0.25, 0.3) is 5.69 Å². The largest absolute Gasteiger partial charge is 0.295 e. The number of nitrogens with one attached hydrogen (secondary N) is 1. The van der Waals surface area contributed by atoms with E-state index in [0.29, 0.717) is 0 Å². The molecule has 0 spiro atoms. The summed E-state index contributed by atoms with van der Waals surface area (Å²) in [5.74, 6) is -3.08. The Hall–Kier alpha value is -1.83. The van der Waals surface area contributed by atoms with E-state index in [1.165, 1.54) is 0 Å². The molecule has 0 saturated carbocycles. The van der Waals surface area contributed by atoms with Crippen LogP contribution in [0.1, 0.15) is 11.5 Å². The molecule has 1 aliphatic heterocycles. The maximum Gasteiger partial charge on any atom is 0.272 e. The zero-order valence-corrected chi connectivity index (χ0v) is 10.3. The molecule has 2 unspecified atom stereocenters. The maximum atomic E-state index is 13.7. The second-order valence-corrected chi connectivity index (χ2v) is 4.68. The number of carbonyl (C=O) groups excluding carboxylic acids is 2. The molecule has 1 N–H and O–H groups in total. The molecule has 1 aromatic rings. The van der Waals surface area contributed by atoms with E-state index in [1.54, 1.807) is 0 Å². The molecule has 18 heavy (non-hydrogen) atoms. The second-order valence-electron chi connectivity index (χ2n) is 3.70. The maximum absolute atomic E-state index is 13.7. The summed E-state index contributed by atoms with van der Waals surface area (Å²) in [6.07, 6.45) is 0. The molecule has 8 heteroatoms. The first kappa shape index (κ1) is 12.6. The molecule has 1 heterocycles. The van der Waals surface area contributed by atoms with E-state index >= 15 is 0 Å². The number of carbonyl (C=O) groups is 2. The van der Waals surface area contributed by atoms with Gasteiger partial charge in [0.1, 0.15) is 10.6 Å². The zero-order chi connectivity index (χ0) is 13.4. The number of benzene rings is 1. The van der Waals surface area contributed by atoms with Crippen LogP contribution in [0.5, 0.6) is 0 Å².